The van der Waals surface area contributed by atoms with Gasteiger partial charge in [0.25, 0.3) is 5.91 Å². The summed E-state index contributed by atoms with van der Waals surface area (Å²) in [4.78, 5) is 14.1. The van der Waals surface area contributed by atoms with Crippen LogP contribution in [0.5, 0.6) is 5.75 Å². The highest BCUT2D eigenvalue weighted by Crippen LogP contribution is 2.29. The van der Waals surface area contributed by atoms with Crippen molar-refractivity contribution in [3.63, 3.8) is 0 Å². The Hall–Kier alpha value is -2.03. The van der Waals surface area contributed by atoms with Gasteiger partial charge >= 0.3 is 0 Å². The summed E-state index contributed by atoms with van der Waals surface area (Å²) in [6.45, 7) is 2.67. The number of nitrogens with zero attached hydrogens (tertiary/aromatic N) is 1. The average Bonchev–Trinajstić information content (AvgIpc) is 3.30. The van der Waals surface area contributed by atoms with Gasteiger partial charge in [0.1, 0.15) is 5.75 Å². The molecule has 1 fully saturated rings. The van der Waals surface area contributed by atoms with E-state index < -0.39 is 6.10 Å². The van der Waals surface area contributed by atoms with E-state index in [9.17, 15) is 4.79 Å². The Labute approximate surface area is 125 Å². The average molecular weight is 283 g/mol. The summed E-state index contributed by atoms with van der Waals surface area (Å²) in [5.41, 5.74) is 0. The molecule has 0 aromatic heterocycles. The molecule has 0 aliphatic heterocycles. The van der Waals surface area contributed by atoms with Gasteiger partial charge in [-0.15, -0.1) is 0 Å². The van der Waals surface area contributed by atoms with Crippen LogP contribution in [0, 0.1) is 5.92 Å². The predicted molar refractivity (Wildman–Crippen MR) is 84.4 cm³/mol. The topological polar surface area (TPSA) is 29.5 Å². The maximum absolute atomic E-state index is 12.3. The Bertz CT molecular complexity index is 648. The van der Waals surface area contributed by atoms with E-state index in [2.05, 4.69) is 6.07 Å². The molecule has 0 N–H and O–H groups in total. The molecule has 0 bridgehead atoms. The van der Waals surface area contributed by atoms with Gasteiger partial charge in [-0.25, -0.2) is 0 Å². The number of amides is 1. The van der Waals surface area contributed by atoms with Crippen molar-refractivity contribution < 1.29 is 9.53 Å². The second kappa shape index (κ2) is 5.76. The molecule has 0 spiro atoms. The first-order valence-electron chi connectivity index (χ1n) is 7.54. The molecular formula is C18H21NO2. The second-order valence-corrected chi connectivity index (χ2v) is 5.93. The molecular weight excluding hydrogens is 262 g/mol. The second-order valence-electron chi connectivity index (χ2n) is 5.93. The molecule has 110 valence electrons. The minimum Gasteiger partial charge on any atom is -0.481 e. The summed E-state index contributed by atoms with van der Waals surface area (Å²) >= 11 is 0. The van der Waals surface area contributed by atoms with Crippen molar-refractivity contribution in [3.8, 4) is 5.75 Å². The Balaban J connectivity index is 1.67. The third-order valence-electron chi connectivity index (χ3n) is 3.99. The quantitative estimate of drug-likeness (QED) is 0.841. The minimum absolute atomic E-state index is 0.0510. The van der Waals surface area contributed by atoms with Gasteiger partial charge in [-0.05, 0) is 48.6 Å². The standard InChI is InChI=1S/C18H21NO2/c1-13(18(20)19(2)12-14-7-8-14)21-17-10-9-15-5-3-4-6-16(15)11-17/h3-6,9-11,13-14H,7-8,12H2,1-2H3. The molecule has 1 aliphatic carbocycles. The molecule has 1 saturated carbocycles. The summed E-state index contributed by atoms with van der Waals surface area (Å²) in [7, 11) is 1.86. The van der Waals surface area contributed by atoms with E-state index in [0.29, 0.717) is 5.92 Å². The lowest BCUT2D eigenvalue weighted by Crippen LogP contribution is -2.38. The Morgan fingerprint density at radius 3 is 2.67 bits per heavy atom. The van der Waals surface area contributed by atoms with Gasteiger partial charge in [-0.2, -0.15) is 0 Å². The summed E-state index contributed by atoms with van der Waals surface area (Å²) in [6.07, 6.45) is 2.05. The maximum Gasteiger partial charge on any atom is 0.263 e. The molecule has 2 aromatic rings. The molecule has 1 unspecified atom stereocenters. The van der Waals surface area contributed by atoms with Crippen LogP contribution in [-0.4, -0.2) is 30.5 Å². The number of likely N-dealkylation sites (N-methyl/N-ethyl adjacent to an activating group) is 1. The van der Waals surface area contributed by atoms with Gasteiger partial charge in [0.2, 0.25) is 0 Å². The molecule has 3 rings (SSSR count). The number of rotatable bonds is 5. The van der Waals surface area contributed by atoms with Crippen molar-refractivity contribution in [2.45, 2.75) is 25.9 Å². The molecule has 3 nitrogen and oxygen atoms in total. The number of hydrogen-bond acceptors (Lipinski definition) is 2. The van der Waals surface area contributed by atoms with E-state index in [1.165, 1.54) is 18.2 Å². The van der Waals surface area contributed by atoms with Crippen molar-refractivity contribution in [3.05, 3.63) is 42.5 Å². The fourth-order valence-corrected chi connectivity index (χ4v) is 2.58. The Morgan fingerprint density at radius 2 is 1.95 bits per heavy atom. The van der Waals surface area contributed by atoms with Crippen LogP contribution in [-0.2, 0) is 4.79 Å². The molecule has 21 heavy (non-hydrogen) atoms. The van der Waals surface area contributed by atoms with Crippen molar-refractivity contribution >= 4 is 16.7 Å². The van der Waals surface area contributed by atoms with Crippen molar-refractivity contribution in [2.75, 3.05) is 13.6 Å². The van der Waals surface area contributed by atoms with Crippen LogP contribution in [0.3, 0.4) is 0 Å². The van der Waals surface area contributed by atoms with Crippen molar-refractivity contribution in [1.82, 2.24) is 4.90 Å². The zero-order chi connectivity index (χ0) is 14.8. The van der Waals surface area contributed by atoms with Crippen LogP contribution in [0.25, 0.3) is 10.8 Å². The smallest absolute Gasteiger partial charge is 0.263 e. The third-order valence-corrected chi connectivity index (χ3v) is 3.99. The largest absolute Gasteiger partial charge is 0.481 e. The molecule has 1 atom stereocenters. The predicted octanol–water partition coefficient (Wildman–Crippen LogP) is 3.48. The lowest BCUT2D eigenvalue weighted by molar-refractivity contribution is -0.136. The van der Waals surface area contributed by atoms with Crippen LogP contribution in [0.4, 0.5) is 0 Å². The van der Waals surface area contributed by atoms with Crippen LogP contribution < -0.4 is 4.74 Å². The summed E-state index contributed by atoms with van der Waals surface area (Å²) < 4.78 is 5.82. The summed E-state index contributed by atoms with van der Waals surface area (Å²) in [5, 5.41) is 2.30. The number of hydrogen-bond donors (Lipinski definition) is 0. The zero-order valence-electron chi connectivity index (χ0n) is 12.6. The first kappa shape index (κ1) is 13.9. The van der Waals surface area contributed by atoms with E-state index in [0.717, 1.165) is 17.7 Å². The SMILES string of the molecule is CC(Oc1ccc2ccccc2c1)C(=O)N(C)CC1CC1. The first-order valence-corrected chi connectivity index (χ1v) is 7.54. The number of fused-ring (bicyclic) bond motifs is 1. The van der Waals surface area contributed by atoms with Crippen molar-refractivity contribution in [2.24, 2.45) is 5.92 Å². The van der Waals surface area contributed by atoms with E-state index in [-0.39, 0.29) is 5.91 Å². The van der Waals surface area contributed by atoms with Gasteiger partial charge in [0.05, 0.1) is 0 Å². The third kappa shape index (κ3) is 3.35. The number of ether oxygens (including phenoxy) is 1. The van der Waals surface area contributed by atoms with E-state index in [1.807, 2.05) is 50.4 Å². The van der Waals surface area contributed by atoms with Crippen LogP contribution in [0.2, 0.25) is 0 Å². The van der Waals surface area contributed by atoms with Crippen LogP contribution >= 0.6 is 0 Å². The van der Waals surface area contributed by atoms with Crippen LogP contribution in [0.15, 0.2) is 42.5 Å². The summed E-state index contributed by atoms with van der Waals surface area (Å²) in [6, 6.07) is 14.1. The van der Waals surface area contributed by atoms with E-state index in [4.69, 9.17) is 4.74 Å². The zero-order valence-corrected chi connectivity index (χ0v) is 12.6. The summed E-state index contributed by atoms with van der Waals surface area (Å²) in [5.74, 6) is 1.50. The lowest BCUT2D eigenvalue weighted by atomic mass is 10.1. The van der Waals surface area contributed by atoms with Crippen LogP contribution in [0.1, 0.15) is 19.8 Å². The highest BCUT2D eigenvalue weighted by molar-refractivity contribution is 5.84. The molecule has 2 aromatic carbocycles. The molecule has 1 aliphatic rings. The molecule has 0 saturated heterocycles. The minimum atomic E-state index is -0.449. The molecule has 0 heterocycles. The molecule has 1 amide bonds. The molecule has 3 heteroatoms. The normalized spacial score (nSPS) is 15.7. The van der Waals surface area contributed by atoms with Gasteiger partial charge in [0, 0.05) is 13.6 Å². The monoisotopic (exact) mass is 283 g/mol. The highest BCUT2D eigenvalue weighted by atomic mass is 16.5. The lowest BCUT2D eigenvalue weighted by Gasteiger charge is -2.22. The van der Waals surface area contributed by atoms with Crippen molar-refractivity contribution in [1.29, 1.82) is 0 Å². The fraction of sp³-hybridized carbons (Fsp3) is 0.389. The highest BCUT2D eigenvalue weighted by Gasteiger charge is 2.27. The van der Waals surface area contributed by atoms with Gasteiger partial charge in [-0.3, -0.25) is 4.79 Å². The Kier molecular flexibility index (Phi) is 3.82. The van der Waals surface area contributed by atoms with E-state index >= 15 is 0 Å². The van der Waals surface area contributed by atoms with Gasteiger partial charge < -0.3 is 9.64 Å². The van der Waals surface area contributed by atoms with Gasteiger partial charge in [-0.1, -0.05) is 30.3 Å². The van der Waals surface area contributed by atoms with E-state index in [1.54, 1.807) is 4.90 Å². The first-order chi connectivity index (χ1) is 10.1. The maximum atomic E-state index is 12.3. The van der Waals surface area contributed by atoms with Gasteiger partial charge in [0.15, 0.2) is 6.10 Å². The Morgan fingerprint density at radius 1 is 1.24 bits per heavy atom. The molecule has 0 radical (unpaired) electrons. The number of benzene rings is 2. The fourth-order valence-electron chi connectivity index (χ4n) is 2.58. The number of carbonyl (C=O) groups is 1. The number of carbonyl (C=O) groups excluding carboxylic acids is 1.